The highest BCUT2D eigenvalue weighted by Gasteiger charge is 2.21. The summed E-state index contributed by atoms with van der Waals surface area (Å²) in [5, 5.41) is 9.66. The Kier molecular flexibility index (Phi) is 2.63. The third-order valence-corrected chi connectivity index (χ3v) is 2.07. The molecule has 14 heavy (non-hydrogen) atoms. The zero-order chi connectivity index (χ0) is 11.0. The van der Waals surface area contributed by atoms with Crippen molar-refractivity contribution in [3.05, 3.63) is 23.8 Å². The molecule has 0 atom stereocenters. The standard InChI is InChI=1S/C11H18N2O/c1-10(2,3)8-6-12-9(13-7-8)11(4,5)14/h6-7,14H,1-5H3. The fraction of sp³-hybridized carbons (Fsp3) is 0.636. The predicted molar refractivity (Wildman–Crippen MR) is 56.0 cm³/mol. The first-order chi connectivity index (χ1) is 6.21. The third-order valence-electron chi connectivity index (χ3n) is 2.07. The van der Waals surface area contributed by atoms with Gasteiger partial charge < -0.3 is 5.11 Å². The van der Waals surface area contributed by atoms with Crippen LogP contribution in [0.15, 0.2) is 12.4 Å². The molecule has 78 valence electrons. The number of nitrogens with zero attached hydrogens (tertiary/aromatic N) is 2. The molecule has 1 aromatic rings. The van der Waals surface area contributed by atoms with E-state index in [9.17, 15) is 5.11 Å². The molecular weight excluding hydrogens is 176 g/mol. The Balaban J connectivity index is 3.02. The van der Waals surface area contributed by atoms with Gasteiger partial charge in [-0.3, -0.25) is 0 Å². The van der Waals surface area contributed by atoms with Crippen molar-refractivity contribution in [3.63, 3.8) is 0 Å². The van der Waals surface area contributed by atoms with Crippen molar-refractivity contribution in [3.8, 4) is 0 Å². The first kappa shape index (κ1) is 11.1. The van der Waals surface area contributed by atoms with Crippen molar-refractivity contribution < 1.29 is 5.11 Å². The Morgan fingerprint density at radius 3 is 1.71 bits per heavy atom. The van der Waals surface area contributed by atoms with Crippen LogP contribution in [0, 0.1) is 0 Å². The first-order valence-electron chi connectivity index (χ1n) is 4.76. The molecule has 0 fully saturated rings. The molecule has 3 heteroatoms. The molecule has 1 aromatic heterocycles. The van der Waals surface area contributed by atoms with Crippen LogP contribution >= 0.6 is 0 Å². The van der Waals surface area contributed by atoms with Crippen molar-refractivity contribution in [2.45, 2.75) is 45.6 Å². The monoisotopic (exact) mass is 194 g/mol. The molecule has 1 heterocycles. The molecule has 0 aliphatic rings. The summed E-state index contributed by atoms with van der Waals surface area (Å²) in [7, 11) is 0. The molecule has 1 rings (SSSR count). The number of hydrogen-bond acceptors (Lipinski definition) is 3. The average Bonchev–Trinajstić information content (AvgIpc) is 2.01. The number of aliphatic hydroxyl groups is 1. The summed E-state index contributed by atoms with van der Waals surface area (Å²) in [5.41, 5.74) is 0.166. The summed E-state index contributed by atoms with van der Waals surface area (Å²) >= 11 is 0. The van der Waals surface area contributed by atoms with E-state index in [4.69, 9.17) is 0 Å². The van der Waals surface area contributed by atoms with E-state index >= 15 is 0 Å². The molecule has 3 nitrogen and oxygen atoms in total. The lowest BCUT2D eigenvalue weighted by Crippen LogP contribution is -2.21. The van der Waals surface area contributed by atoms with Crippen LogP contribution in [0.3, 0.4) is 0 Å². The summed E-state index contributed by atoms with van der Waals surface area (Å²) in [6.07, 6.45) is 3.56. The van der Waals surface area contributed by atoms with Crippen LogP contribution in [0.1, 0.15) is 46.0 Å². The Bertz CT molecular complexity index is 271. The van der Waals surface area contributed by atoms with E-state index in [0.29, 0.717) is 5.82 Å². The normalized spacial score (nSPS) is 13.0. The van der Waals surface area contributed by atoms with Gasteiger partial charge in [0.2, 0.25) is 0 Å². The molecular formula is C11H18N2O. The summed E-state index contributed by atoms with van der Waals surface area (Å²) in [5.74, 6) is 0.463. The van der Waals surface area contributed by atoms with Crippen molar-refractivity contribution in [2.24, 2.45) is 0 Å². The number of rotatable bonds is 1. The molecule has 0 unspecified atom stereocenters. The number of aromatic nitrogens is 2. The van der Waals surface area contributed by atoms with Crippen LogP contribution in [-0.2, 0) is 11.0 Å². The Hall–Kier alpha value is -0.960. The summed E-state index contributed by atoms with van der Waals surface area (Å²) < 4.78 is 0. The van der Waals surface area contributed by atoms with E-state index in [-0.39, 0.29) is 5.41 Å². The minimum atomic E-state index is -0.962. The van der Waals surface area contributed by atoms with Crippen LogP contribution in [0.2, 0.25) is 0 Å². The van der Waals surface area contributed by atoms with Gasteiger partial charge in [0.1, 0.15) is 5.60 Å². The van der Waals surface area contributed by atoms with Crippen LogP contribution < -0.4 is 0 Å². The zero-order valence-electron chi connectivity index (χ0n) is 9.50. The van der Waals surface area contributed by atoms with Crippen molar-refractivity contribution >= 4 is 0 Å². The average molecular weight is 194 g/mol. The SMILES string of the molecule is CC(C)(C)c1cnc(C(C)(C)O)nc1. The molecule has 0 bridgehead atoms. The largest absolute Gasteiger partial charge is 0.382 e. The first-order valence-corrected chi connectivity index (χ1v) is 4.76. The highest BCUT2D eigenvalue weighted by atomic mass is 16.3. The predicted octanol–water partition coefficient (Wildman–Crippen LogP) is 2.00. The zero-order valence-corrected chi connectivity index (χ0v) is 9.50. The van der Waals surface area contributed by atoms with Crippen molar-refractivity contribution in [1.29, 1.82) is 0 Å². The minimum Gasteiger partial charge on any atom is -0.382 e. The second kappa shape index (κ2) is 3.31. The van der Waals surface area contributed by atoms with Gasteiger partial charge in [0.05, 0.1) is 0 Å². The van der Waals surface area contributed by atoms with Gasteiger partial charge in [0.15, 0.2) is 5.82 Å². The van der Waals surface area contributed by atoms with E-state index in [2.05, 4.69) is 30.7 Å². The smallest absolute Gasteiger partial charge is 0.159 e. The quantitative estimate of drug-likeness (QED) is 0.743. The Labute approximate surface area is 85.2 Å². The van der Waals surface area contributed by atoms with Crippen LogP contribution in [0.5, 0.6) is 0 Å². The highest BCUT2D eigenvalue weighted by molar-refractivity contribution is 5.16. The fourth-order valence-corrected chi connectivity index (χ4v) is 1.03. The van der Waals surface area contributed by atoms with Crippen LogP contribution in [0.4, 0.5) is 0 Å². The third kappa shape index (κ3) is 2.51. The van der Waals surface area contributed by atoms with Crippen LogP contribution in [-0.4, -0.2) is 15.1 Å². The summed E-state index contributed by atoms with van der Waals surface area (Å²) in [6.45, 7) is 9.68. The molecule has 0 aliphatic heterocycles. The van der Waals surface area contributed by atoms with E-state index in [1.165, 1.54) is 0 Å². The summed E-state index contributed by atoms with van der Waals surface area (Å²) in [6, 6.07) is 0. The van der Waals surface area contributed by atoms with Crippen molar-refractivity contribution in [1.82, 2.24) is 9.97 Å². The molecule has 0 aliphatic carbocycles. The minimum absolute atomic E-state index is 0.0537. The topological polar surface area (TPSA) is 46.0 Å². The molecule has 0 spiro atoms. The van der Waals surface area contributed by atoms with Gasteiger partial charge >= 0.3 is 0 Å². The highest BCUT2D eigenvalue weighted by Crippen LogP contribution is 2.22. The number of hydrogen-bond donors (Lipinski definition) is 1. The van der Waals surface area contributed by atoms with Crippen molar-refractivity contribution in [2.75, 3.05) is 0 Å². The maximum Gasteiger partial charge on any atom is 0.159 e. The van der Waals surface area contributed by atoms with Crippen LogP contribution in [0.25, 0.3) is 0 Å². The Morgan fingerprint density at radius 2 is 1.43 bits per heavy atom. The fourth-order valence-electron chi connectivity index (χ4n) is 1.03. The second-order valence-corrected chi connectivity index (χ2v) is 5.10. The second-order valence-electron chi connectivity index (χ2n) is 5.10. The lowest BCUT2D eigenvalue weighted by Gasteiger charge is -2.20. The molecule has 0 amide bonds. The van der Waals surface area contributed by atoms with E-state index in [0.717, 1.165) is 5.56 Å². The maximum absolute atomic E-state index is 9.66. The van der Waals surface area contributed by atoms with Gasteiger partial charge in [0, 0.05) is 12.4 Å². The van der Waals surface area contributed by atoms with Gasteiger partial charge in [-0.15, -0.1) is 0 Å². The molecule has 0 saturated heterocycles. The van der Waals surface area contributed by atoms with Gasteiger partial charge in [-0.2, -0.15) is 0 Å². The van der Waals surface area contributed by atoms with Gasteiger partial charge in [-0.1, -0.05) is 20.8 Å². The molecule has 0 radical (unpaired) electrons. The molecule has 0 saturated carbocycles. The van der Waals surface area contributed by atoms with Gasteiger partial charge in [-0.25, -0.2) is 9.97 Å². The molecule has 1 N–H and O–H groups in total. The van der Waals surface area contributed by atoms with E-state index in [1.807, 2.05) is 0 Å². The lowest BCUT2D eigenvalue weighted by molar-refractivity contribution is 0.0685. The van der Waals surface area contributed by atoms with E-state index < -0.39 is 5.60 Å². The van der Waals surface area contributed by atoms with Gasteiger partial charge in [0.25, 0.3) is 0 Å². The van der Waals surface area contributed by atoms with E-state index in [1.54, 1.807) is 26.2 Å². The van der Waals surface area contributed by atoms with Gasteiger partial charge in [-0.05, 0) is 24.8 Å². The lowest BCUT2D eigenvalue weighted by atomic mass is 9.89. The maximum atomic E-state index is 9.66. The summed E-state index contributed by atoms with van der Waals surface area (Å²) in [4.78, 5) is 8.31. The Morgan fingerprint density at radius 1 is 1.00 bits per heavy atom. The molecule has 0 aromatic carbocycles.